The lowest BCUT2D eigenvalue weighted by Gasteiger charge is -2.14. The molecule has 0 spiro atoms. The first-order valence-corrected chi connectivity index (χ1v) is 3.86. The summed E-state index contributed by atoms with van der Waals surface area (Å²) in [6.45, 7) is 0.328. The number of anilines is 1. The fraction of sp³-hybridized carbons (Fsp3) is 0.200. The van der Waals surface area contributed by atoms with Crippen molar-refractivity contribution in [3.63, 3.8) is 0 Å². The molecule has 0 radical (unpaired) electrons. The molecule has 0 unspecified atom stereocenters. The molecule has 0 atom stereocenters. The minimum Gasteiger partial charge on any atom is -0.361 e. The first-order chi connectivity index (χ1) is 6.27. The summed E-state index contributed by atoms with van der Waals surface area (Å²) in [5.74, 6) is 0. The van der Waals surface area contributed by atoms with E-state index < -0.39 is 0 Å². The van der Waals surface area contributed by atoms with Crippen LogP contribution in [0.25, 0.3) is 0 Å². The Morgan fingerprint density at radius 3 is 2.77 bits per heavy atom. The lowest BCUT2D eigenvalue weighted by atomic mass is 10.2. The van der Waals surface area contributed by atoms with Crippen LogP contribution in [0.5, 0.6) is 0 Å². The smallest absolute Gasteiger partial charge is 0.105 e. The van der Waals surface area contributed by atoms with Gasteiger partial charge in [0.05, 0.1) is 17.7 Å². The van der Waals surface area contributed by atoms with E-state index in [9.17, 15) is 0 Å². The fourth-order valence-corrected chi connectivity index (χ4v) is 1.01. The molecule has 0 N–H and O–H groups in total. The molecule has 0 amide bonds. The van der Waals surface area contributed by atoms with Crippen LogP contribution in [0.2, 0.25) is 0 Å². The van der Waals surface area contributed by atoms with E-state index in [2.05, 4.69) is 6.07 Å². The van der Waals surface area contributed by atoms with Gasteiger partial charge in [0.15, 0.2) is 0 Å². The molecule has 64 valence electrons. The van der Waals surface area contributed by atoms with E-state index in [0.717, 1.165) is 5.69 Å². The zero-order valence-corrected chi connectivity index (χ0v) is 7.36. The van der Waals surface area contributed by atoms with E-state index in [4.69, 9.17) is 10.5 Å². The molecule has 0 fully saturated rings. The van der Waals surface area contributed by atoms with Crippen LogP contribution in [0.4, 0.5) is 5.69 Å². The Bertz CT molecular complexity index is 370. The highest BCUT2D eigenvalue weighted by Crippen LogP contribution is 2.13. The summed E-state index contributed by atoms with van der Waals surface area (Å²) in [6, 6.07) is 11.3. The van der Waals surface area contributed by atoms with Crippen molar-refractivity contribution in [3.05, 3.63) is 29.8 Å². The average Bonchev–Trinajstić information content (AvgIpc) is 2.18. The molecule has 0 aliphatic rings. The van der Waals surface area contributed by atoms with Crippen LogP contribution in [0.1, 0.15) is 5.56 Å². The summed E-state index contributed by atoms with van der Waals surface area (Å²) < 4.78 is 0. The van der Waals surface area contributed by atoms with Gasteiger partial charge in [-0.05, 0) is 18.2 Å². The van der Waals surface area contributed by atoms with Gasteiger partial charge >= 0.3 is 0 Å². The van der Waals surface area contributed by atoms with Crippen LogP contribution < -0.4 is 4.90 Å². The van der Waals surface area contributed by atoms with Crippen molar-refractivity contribution >= 4 is 5.69 Å². The van der Waals surface area contributed by atoms with E-state index in [1.54, 1.807) is 17.0 Å². The zero-order chi connectivity index (χ0) is 9.68. The average molecular weight is 171 g/mol. The second-order valence-electron chi connectivity index (χ2n) is 2.68. The monoisotopic (exact) mass is 171 g/mol. The number of hydrogen-bond donors (Lipinski definition) is 0. The number of rotatable bonds is 2. The zero-order valence-electron chi connectivity index (χ0n) is 7.36. The van der Waals surface area contributed by atoms with Crippen LogP contribution in [-0.4, -0.2) is 13.6 Å². The van der Waals surface area contributed by atoms with Gasteiger partial charge in [-0.3, -0.25) is 0 Å². The molecule has 0 aromatic heterocycles. The largest absolute Gasteiger partial charge is 0.361 e. The molecule has 1 aromatic carbocycles. The van der Waals surface area contributed by atoms with Crippen molar-refractivity contribution in [2.75, 3.05) is 18.5 Å². The number of benzene rings is 1. The SMILES string of the molecule is CN(CC#N)c1cccc(C#N)c1. The van der Waals surface area contributed by atoms with Crippen LogP contribution in [0, 0.1) is 22.7 Å². The Hall–Kier alpha value is -2.00. The van der Waals surface area contributed by atoms with Gasteiger partial charge in [0.25, 0.3) is 0 Å². The van der Waals surface area contributed by atoms with E-state index in [1.165, 1.54) is 0 Å². The summed E-state index contributed by atoms with van der Waals surface area (Å²) in [5, 5.41) is 17.1. The molecule has 13 heavy (non-hydrogen) atoms. The first kappa shape index (κ1) is 9.09. The standard InChI is InChI=1S/C10H9N3/c1-13(6-5-11)10-4-2-3-9(7-10)8-12/h2-4,7H,6H2,1H3. The number of nitrogens with zero attached hydrogens (tertiary/aromatic N) is 3. The summed E-state index contributed by atoms with van der Waals surface area (Å²) >= 11 is 0. The maximum absolute atomic E-state index is 8.64. The van der Waals surface area contributed by atoms with Gasteiger partial charge in [-0.2, -0.15) is 10.5 Å². The summed E-state index contributed by atoms with van der Waals surface area (Å²) in [5.41, 5.74) is 1.50. The molecular formula is C10H9N3. The molecule has 3 nitrogen and oxygen atoms in total. The van der Waals surface area contributed by atoms with Crippen molar-refractivity contribution in [2.45, 2.75) is 0 Å². The molecule has 0 saturated carbocycles. The summed E-state index contributed by atoms with van der Waals surface area (Å²) in [6.07, 6.45) is 0. The van der Waals surface area contributed by atoms with Crippen LogP contribution in [-0.2, 0) is 0 Å². The normalized spacial score (nSPS) is 8.54. The number of nitriles is 2. The van der Waals surface area contributed by atoms with Crippen molar-refractivity contribution in [2.24, 2.45) is 0 Å². The van der Waals surface area contributed by atoms with E-state index in [0.29, 0.717) is 12.1 Å². The molecule has 0 aliphatic heterocycles. The minimum atomic E-state index is 0.328. The maximum atomic E-state index is 8.64. The Balaban J connectivity index is 2.91. The third kappa shape index (κ3) is 2.21. The van der Waals surface area contributed by atoms with E-state index >= 15 is 0 Å². The highest BCUT2D eigenvalue weighted by molar-refractivity contribution is 5.51. The quantitative estimate of drug-likeness (QED) is 0.634. The Morgan fingerprint density at radius 2 is 2.15 bits per heavy atom. The third-order valence-electron chi connectivity index (χ3n) is 1.72. The van der Waals surface area contributed by atoms with Crippen molar-refractivity contribution in [1.29, 1.82) is 10.5 Å². The Morgan fingerprint density at radius 1 is 1.38 bits per heavy atom. The van der Waals surface area contributed by atoms with E-state index in [-0.39, 0.29) is 0 Å². The molecule has 0 bridgehead atoms. The Labute approximate surface area is 77.4 Å². The maximum Gasteiger partial charge on any atom is 0.105 e. The predicted octanol–water partition coefficient (Wildman–Crippen LogP) is 1.52. The molecule has 0 saturated heterocycles. The highest BCUT2D eigenvalue weighted by Gasteiger charge is 1.99. The van der Waals surface area contributed by atoms with Gasteiger partial charge in [-0.25, -0.2) is 0 Å². The van der Waals surface area contributed by atoms with Gasteiger partial charge in [0.1, 0.15) is 6.54 Å². The van der Waals surface area contributed by atoms with Gasteiger partial charge in [0.2, 0.25) is 0 Å². The fourth-order valence-electron chi connectivity index (χ4n) is 1.01. The third-order valence-corrected chi connectivity index (χ3v) is 1.72. The minimum absolute atomic E-state index is 0.328. The molecule has 0 aliphatic carbocycles. The second-order valence-corrected chi connectivity index (χ2v) is 2.68. The summed E-state index contributed by atoms with van der Waals surface area (Å²) in [4.78, 5) is 1.79. The summed E-state index contributed by atoms with van der Waals surface area (Å²) in [7, 11) is 1.82. The molecule has 3 heteroatoms. The molecular weight excluding hydrogens is 162 g/mol. The van der Waals surface area contributed by atoms with Crippen LogP contribution in [0.3, 0.4) is 0 Å². The van der Waals surface area contributed by atoms with Gasteiger partial charge in [0, 0.05) is 12.7 Å². The van der Waals surface area contributed by atoms with Gasteiger partial charge in [-0.1, -0.05) is 6.07 Å². The first-order valence-electron chi connectivity index (χ1n) is 3.86. The van der Waals surface area contributed by atoms with Gasteiger partial charge in [-0.15, -0.1) is 0 Å². The lowest BCUT2D eigenvalue weighted by molar-refractivity contribution is 1.04. The molecule has 0 heterocycles. The second kappa shape index (κ2) is 4.13. The Kier molecular flexibility index (Phi) is 2.89. The van der Waals surface area contributed by atoms with E-state index in [1.807, 2.05) is 25.2 Å². The van der Waals surface area contributed by atoms with Crippen molar-refractivity contribution in [3.8, 4) is 12.1 Å². The van der Waals surface area contributed by atoms with Crippen LogP contribution in [0.15, 0.2) is 24.3 Å². The lowest BCUT2D eigenvalue weighted by Crippen LogP contribution is -2.16. The molecule has 1 aromatic rings. The topological polar surface area (TPSA) is 50.8 Å². The van der Waals surface area contributed by atoms with Gasteiger partial charge < -0.3 is 4.90 Å². The van der Waals surface area contributed by atoms with Crippen molar-refractivity contribution in [1.82, 2.24) is 0 Å². The van der Waals surface area contributed by atoms with Crippen molar-refractivity contribution < 1.29 is 0 Å². The predicted molar refractivity (Wildman–Crippen MR) is 50.0 cm³/mol. The number of hydrogen-bond acceptors (Lipinski definition) is 3. The van der Waals surface area contributed by atoms with Crippen LogP contribution >= 0.6 is 0 Å². The molecule has 1 rings (SSSR count). The highest BCUT2D eigenvalue weighted by atomic mass is 15.1.